The maximum Gasteiger partial charge on any atom is 0.260 e. The van der Waals surface area contributed by atoms with Gasteiger partial charge in [0, 0.05) is 37.8 Å². The molecule has 3 heterocycles. The van der Waals surface area contributed by atoms with E-state index in [1.54, 1.807) is 0 Å². The molecule has 0 aromatic carbocycles. The van der Waals surface area contributed by atoms with Crippen LogP contribution in [-0.4, -0.2) is 60.5 Å². The number of anilines is 1. The van der Waals surface area contributed by atoms with Crippen LogP contribution in [0.15, 0.2) is 17.1 Å². The van der Waals surface area contributed by atoms with Crippen molar-refractivity contribution >= 4 is 34.9 Å². The van der Waals surface area contributed by atoms with Crippen molar-refractivity contribution in [3.05, 3.63) is 28.2 Å². The van der Waals surface area contributed by atoms with Crippen molar-refractivity contribution < 1.29 is 17.2 Å². The minimum atomic E-state index is -3.76. The molecule has 0 atom stereocenters. The molecule has 12 heteroatoms. The predicted octanol–water partition coefficient (Wildman–Crippen LogP) is 0.382. The van der Waals surface area contributed by atoms with Crippen LogP contribution in [0.3, 0.4) is 0 Å². The first-order valence-electron chi connectivity index (χ1n) is 8.22. The molecule has 144 valence electrons. The Morgan fingerprint density at radius 3 is 2.52 bits per heavy atom. The quantitative estimate of drug-likeness (QED) is 0.750. The summed E-state index contributed by atoms with van der Waals surface area (Å²) in [6.07, 6.45) is 3.66. The van der Waals surface area contributed by atoms with E-state index in [2.05, 4.69) is 15.3 Å². The molecule has 0 saturated carbocycles. The topological polar surface area (TPSA) is 97.2 Å². The number of alkyl halides is 2. The lowest BCUT2D eigenvalue weighted by Crippen LogP contribution is -2.42. The van der Waals surface area contributed by atoms with Gasteiger partial charge in [-0.2, -0.15) is 4.98 Å². The summed E-state index contributed by atoms with van der Waals surface area (Å²) < 4.78 is 52.3. The van der Waals surface area contributed by atoms with Crippen LogP contribution in [0.5, 0.6) is 0 Å². The summed E-state index contributed by atoms with van der Waals surface area (Å²) in [5, 5.41) is 3.36. The van der Waals surface area contributed by atoms with Crippen molar-refractivity contribution in [3.8, 4) is 0 Å². The van der Waals surface area contributed by atoms with E-state index in [0.717, 1.165) is 10.6 Å². The van der Waals surface area contributed by atoms with Crippen molar-refractivity contribution in [1.82, 2.24) is 18.8 Å². The van der Waals surface area contributed by atoms with Gasteiger partial charge in [-0.3, -0.25) is 9.36 Å². The number of aryl methyl sites for hydroxylation is 1. The maximum absolute atomic E-state index is 13.4. The summed E-state index contributed by atoms with van der Waals surface area (Å²) in [6.45, 7) is 0.773. The lowest BCUT2D eigenvalue weighted by molar-refractivity contribution is 0.0922. The second kappa shape index (κ2) is 6.82. The monoisotopic (exact) mass is 397 g/mol. The minimum absolute atomic E-state index is 0.0369. The second-order valence-electron chi connectivity index (χ2n) is 6.60. The van der Waals surface area contributed by atoms with Gasteiger partial charge in [0.15, 0.2) is 7.85 Å². The third kappa shape index (κ3) is 4.11. The van der Waals surface area contributed by atoms with Crippen molar-refractivity contribution in [3.63, 3.8) is 0 Å². The van der Waals surface area contributed by atoms with Gasteiger partial charge in [-0.15, -0.1) is 0 Å². The van der Waals surface area contributed by atoms with Gasteiger partial charge in [-0.1, -0.05) is 0 Å². The average Bonchev–Trinajstić information content (AvgIpc) is 2.57. The molecular formula is C15H18BF2N5O3S. The number of halogens is 2. The molecule has 1 saturated heterocycles. The van der Waals surface area contributed by atoms with Crippen molar-refractivity contribution in [2.75, 3.05) is 24.7 Å². The zero-order chi connectivity index (χ0) is 20.0. The van der Waals surface area contributed by atoms with E-state index in [0.29, 0.717) is 25.9 Å². The first-order valence-corrected chi connectivity index (χ1v) is 10.1. The Morgan fingerprint density at radius 1 is 1.33 bits per heavy atom. The lowest BCUT2D eigenvalue weighted by atomic mass is 9.91. The number of hydrogen-bond donors (Lipinski definition) is 1. The van der Waals surface area contributed by atoms with Crippen molar-refractivity contribution in [1.29, 1.82) is 0 Å². The highest BCUT2D eigenvalue weighted by molar-refractivity contribution is 7.88. The van der Waals surface area contributed by atoms with E-state index in [-0.39, 0.29) is 23.0 Å². The molecule has 0 spiro atoms. The Hall–Kier alpha value is -2.08. The smallest absolute Gasteiger partial charge is 0.260 e. The summed E-state index contributed by atoms with van der Waals surface area (Å²) in [7, 11) is 2.89. The van der Waals surface area contributed by atoms with Crippen LogP contribution in [0, 0.1) is 0 Å². The van der Waals surface area contributed by atoms with E-state index in [1.165, 1.54) is 23.8 Å². The molecule has 27 heavy (non-hydrogen) atoms. The van der Waals surface area contributed by atoms with E-state index in [9.17, 15) is 22.0 Å². The second-order valence-corrected chi connectivity index (χ2v) is 8.58. The number of nitrogens with one attached hydrogen (secondary N) is 1. The molecule has 0 bridgehead atoms. The van der Waals surface area contributed by atoms with Crippen LogP contribution in [0.2, 0.25) is 0 Å². The molecule has 2 aromatic heterocycles. The zero-order valence-electron chi connectivity index (χ0n) is 14.8. The van der Waals surface area contributed by atoms with Crippen molar-refractivity contribution in [2.45, 2.75) is 24.7 Å². The summed E-state index contributed by atoms with van der Waals surface area (Å²) in [5.74, 6) is -3.52. The fourth-order valence-corrected chi connectivity index (χ4v) is 3.94. The van der Waals surface area contributed by atoms with E-state index in [1.807, 2.05) is 0 Å². The van der Waals surface area contributed by atoms with E-state index in [4.69, 9.17) is 7.85 Å². The third-order valence-corrected chi connectivity index (χ3v) is 5.87. The Kier molecular flexibility index (Phi) is 4.97. The number of fused-ring (bicyclic) bond motifs is 1. The minimum Gasteiger partial charge on any atom is -0.351 e. The highest BCUT2D eigenvalue weighted by Crippen LogP contribution is 2.24. The maximum atomic E-state index is 13.4. The summed E-state index contributed by atoms with van der Waals surface area (Å²) >= 11 is 0. The molecule has 1 fully saturated rings. The molecule has 0 amide bonds. The molecule has 1 aliphatic heterocycles. The molecular weight excluding hydrogens is 379 g/mol. The van der Waals surface area contributed by atoms with Crippen LogP contribution in [0.1, 0.15) is 18.4 Å². The molecule has 0 aliphatic carbocycles. The first-order chi connectivity index (χ1) is 12.5. The third-order valence-electron chi connectivity index (χ3n) is 4.56. The van der Waals surface area contributed by atoms with Crippen LogP contribution in [-0.2, 0) is 22.9 Å². The largest absolute Gasteiger partial charge is 0.351 e. The fourth-order valence-electron chi connectivity index (χ4n) is 3.07. The van der Waals surface area contributed by atoms with Gasteiger partial charge in [0.25, 0.3) is 5.56 Å². The Balaban J connectivity index is 1.84. The van der Waals surface area contributed by atoms with Crippen molar-refractivity contribution in [2.24, 2.45) is 7.05 Å². The van der Waals surface area contributed by atoms with Gasteiger partial charge >= 0.3 is 0 Å². The van der Waals surface area contributed by atoms with E-state index >= 15 is 0 Å². The van der Waals surface area contributed by atoms with Crippen LogP contribution in [0.25, 0.3) is 11.0 Å². The molecule has 1 N–H and O–H groups in total. The fraction of sp³-hybridized carbons (Fsp3) is 0.533. The Labute approximate surface area is 156 Å². The first kappa shape index (κ1) is 19.7. The lowest BCUT2D eigenvalue weighted by Gasteiger charge is -2.30. The van der Waals surface area contributed by atoms with E-state index < -0.39 is 27.0 Å². The van der Waals surface area contributed by atoms with Gasteiger partial charge < -0.3 is 5.32 Å². The Bertz CT molecular complexity index is 1030. The summed E-state index contributed by atoms with van der Waals surface area (Å²) in [5.41, 5.74) is -1.56. The number of piperidine rings is 1. The number of pyridine rings is 1. The van der Waals surface area contributed by atoms with Crippen LogP contribution in [0.4, 0.5) is 14.7 Å². The number of sulfonamides is 1. The predicted molar refractivity (Wildman–Crippen MR) is 97.5 cm³/mol. The number of rotatable bonds is 4. The summed E-state index contributed by atoms with van der Waals surface area (Å²) in [4.78, 5) is 20.5. The number of aromatic nitrogens is 3. The average molecular weight is 397 g/mol. The zero-order valence-corrected chi connectivity index (χ0v) is 15.6. The Morgan fingerprint density at radius 2 is 1.96 bits per heavy atom. The van der Waals surface area contributed by atoms with Crippen LogP contribution >= 0.6 is 0 Å². The van der Waals surface area contributed by atoms with Gasteiger partial charge in [0.2, 0.25) is 21.8 Å². The molecule has 3 rings (SSSR count). The normalized spacial score (nSPS) is 17.3. The molecule has 0 unspecified atom stereocenters. The molecule has 8 nitrogen and oxygen atoms in total. The van der Waals surface area contributed by atoms with Crippen LogP contribution < -0.4 is 10.9 Å². The van der Waals surface area contributed by atoms with Gasteiger partial charge in [0.05, 0.1) is 11.8 Å². The number of hydrogen-bond acceptors (Lipinski definition) is 6. The molecule has 2 aromatic rings. The highest BCUT2D eigenvalue weighted by Gasteiger charge is 2.29. The standard InChI is InChI=1S/C15H18BF2N5O3S/c1-22-12-9(7-11(13(22)24)15(16,17)18)8-19-14(21-12)20-10-3-5-23(6-4-10)27(2,25)26/h7-8,10H,3-6H2,1-2H3,(H,19,20,21). The summed E-state index contributed by atoms with van der Waals surface area (Å²) in [6, 6.07) is 0.955. The van der Waals surface area contributed by atoms with Gasteiger partial charge in [0.1, 0.15) is 5.65 Å². The van der Waals surface area contributed by atoms with Gasteiger partial charge in [-0.05, 0) is 18.9 Å². The molecule has 2 radical (unpaired) electrons. The SMILES string of the molecule is [B]C(F)(F)c1cc2cnc(NC3CCN(S(C)(=O)=O)CC3)nc2n(C)c1=O. The molecule has 1 aliphatic rings. The highest BCUT2D eigenvalue weighted by atomic mass is 32.2. The number of nitrogens with zero attached hydrogens (tertiary/aromatic N) is 4. The van der Waals surface area contributed by atoms with Gasteiger partial charge in [-0.25, -0.2) is 26.5 Å².